The largest absolute Gasteiger partial charge is 0.318 e. The zero-order valence-electron chi connectivity index (χ0n) is 15.5. The number of rotatable bonds is 6. The Labute approximate surface area is 129 Å². The fourth-order valence-electron chi connectivity index (χ4n) is 2.33. The monoisotopic (exact) mass is 287 g/mol. The topological polar surface area (TPSA) is 18.5 Å². The van der Waals surface area contributed by atoms with Crippen LogP contribution >= 0.6 is 0 Å². The number of hydrogen-bond acceptors (Lipinski definition) is 3. The Morgan fingerprint density at radius 3 is 2.10 bits per heavy atom. The first-order chi connectivity index (χ1) is 9.51. The highest BCUT2D eigenvalue weighted by Crippen LogP contribution is 2.11. The number of likely N-dealkylation sites (N-methyl/N-ethyl adjacent to an activating group) is 1. The van der Waals surface area contributed by atoms with Gasteiger partial charge in [0.2, 0.25) is 0 Å². The maximum Gasteiger partial charge on any atom is 0.0109 e. The third kappa shape index (κ3) is 12.9. The van der Waals surface area contributed by atoms with Gasteiger partial charge in [-0.3, -0.25) is 4.90 Å². The number of nitrogens with zero attached hydrogens (tertiary/aromatic N) is 2. The minimum Gasteiger partial charge on any atom is -0.318 e. The molecule has 0 aromatic rings. The molecule has 1 saturated heterocycles. The van der Waals surface area contributed by atoms with E-state index in [1.807, 2.05) is 20.9 Å². The van der Waals surface area contributed by atoms with Crippen LogP contribution in [0, 0.1) is 5.92 Å². The number of hydrogen-bond donors (Lipinski definition) is 1. The summed E-state index contributed by atoms with van der Waals surface area (Å²) in [7, 11) is 4.19. The lowest BCUT2D eigenvalue weighted by molar-refractivity contribution is 0.224. The standard InChI is InChI=1S/C9H22N2.C6H13N.C2H6/c1-5-7-11(9(2)3)8-6-10-4;1-6-3-4-7(2)5-6;1-2/h9-10H,5-8H2,1-4H3;6H,3-5H2,1-2H3;1-2H3. The van der Waals surface area contributed by atoms with Crippen LogP contribution in [0.4, 0.5) is 0 Å². The van der Waals surface area contributed by atoms with Gasteiger partial charge in [-0.1, -0.05) is 27.7 Å². The molecule has 1 atom stereocenters. The first-order valence-electron chi connectivity index (χ1n) is 8.58. The van der Waals surface area contributed by atoms with Gasteiger partial charge in [0.1, 0.15) is 0 Å². The van der Waals surface area contributed by atoms with Gasteiger partial charge in [-0.2, -0.15) is 0 Å². The van der Waals surface area contributed by atoms with Gasteiger partial charge in [0, 0.05) is 25.7 Å². The Bertz CT molecular complexity index is 175. The molecule has 0 bridgehead atoms. The summed E-state index contributed by atoms with van der Waals surface area (Å²) in [5, 5.41) is 3.17. The van der Waals surface area contributed by atoms with Crippen molar-refractivity contribution in [2.75, 3.05) is 46.8 Å². The van der Waals surface area contributed by atoms with E-state index in [1.54, 1.807) is 0 Å². The van der Waals surface area contributed by atoms with Crippen molar-refractivity contribution in [3.8, 4) is 0 Å². The summed E-state index contributed by atoms with van der Waals surface area (Å²) < 4.78 is 0. The highest BCUT2D eigenvalue weighted by molar-refractivity contribution is 4.67. The molecule has 124 valence electrons. The van der Waals surface area contributed by atoms with E-state index in [1.165, 1.54) is 39.0 Å². The molecule has 1 N–H and O–H groups in total. The SMILES string of the molecule is CC.CC1CCN(C)C1.CCCN(CCNC)C(C)C. The van der Waals surface area contributed by atoms with Crippen molar-refractivity contribution < 1.29 is 0 Å². The fourth-order valence-corrected chi connectivity index (χ4v) is 2.33. The van der Waals surface area contributed by atoms with Gasteiger partial charge in [0.05, 0.1) is 0 Å². The average Bonchev–Trinajstić information content (AvgIpc) is 2.81. The lowest BCUT2D eigenvalue weighted by atomic mass is 10.2. The summed E-state index contributed by atoms with van der Waals surface area (Å²) in [6.45, 7) is 19.1. The Morgan fingerprint density at radius 1 is 1.25 bits per heavy atom. The molecule has 0 aliphatic carbocycles. The summed E-state index contributed by atoms with van der Waals surface area (Å²) in [4.78, 5) is 4.88. The zero-order chi connectivity index (χ0) is 16.0. The molecular weight excluding hydrogens is 246 g/mol. The van der Waals surface area contributed by atoms with Crippen LogP contribution in [0.15, 0.2) is 0 Å². The Kier molecular flexibility index (Phi) is 16.9. The Morgan fingerprint density at radius 2 is 1.85 bits per heavy atom. The number of nitrogens with one attached hydrogen (secondary N) is 1. The normalized spacial score (nSPS) is 18.6. The molecular formula is C17H41N3. The molecule has 1 heterocycles. The number of likely N-dealkylation sites (tertiary alicyclic amines) is 1. The fraction of sp³-hybridized carbons (Fsp3) is 1.00. The van der Waals surface area contributed by atoms with E-state index in [0.717, 1.165) is 12.5 Å². The zero-order valence-corrected chi connectivity index (χ0v) is 15.5. The van der Waals surface area contributed by atoms with Gasteiger partial charge in [-0.15, -0.1) is 0 Å². The molecule has 0 aromatic heterocycles. The van der Waals surface area contributed by atoms with Gasteiger partial charge in [-0.05, 0) is 59.8 Å². The second-order valence-electron chi connectivity index (χ2n) is 5.89. The van der Waals surface area contributed by atoms with Crippen LogP contribution in [0.2, 0.25) is 0 Å². The van der Waals surface area contributed by atoms with E-state index < -0.39 is 0 Å². The van der Waals surface area contributed by atoms with Crippen molar-refractivity contribution in [3.05, 3.63) is 0 Å². The molecule has 0 amide bonds. The van der Waals surface area contributed by atoms with Gasteiger partial charge in [0.25, 0.3) is 0 Å². The van der Waals surface area contributed by atoms with Crippen molar-refractivity contribution in [2.24, 2.45) is 5.92 Å². The van der Waals surface area contributed by atoms with E-state index in [0.29, 0.717) is 6.04 Å². The molecule has 1 aliphatic rings. The van der Waals surface area contributed by atoms with Crippen molar-refractivity contribution in [1.29, 1.82) is 0 Å². The van der Waals surface area contributed by atoms with E-state index in [-0.39, 0.29) is 0 Å². The molecule has 1 aliphatic heterocycles. The van der Waals surface area contributed by atoms with Crippen molar-refractivity contribution in [1.82, 2.24) is 15.1 Å². The second kappa shape index (κ2) is 15.3. The minimum atomic E-state index is 0.684. The predicted molar refractivity (Wildman–Crippen MR) is 93.6 cm³/mol. The molecule has 0 spiro atoms. The maximum absolute atomic E-state index is 3.17. The molecule has 0 saturated carbocycles. The summed E-state index contributed by atoms with van der Waals surface area (Å²) >= 11 is 0. The summed E-state index contributed by atoms with van der Waals surface area (Å²) in [6.07, 6.45) is 2.65. The second-order valence-corrected chi connectivity index (χ2v) is 5.89. The van der Waals surface area contributed by atoms with E-state index in [4.69, 9.17) is 0 Å². The quantitative estimate of drug-likeness (QED) is 0.808. The lowest BCUT2D eigenvalue weighted by Crippen LogP contribution is -2.36. The van der Waals surface area contributed by atoms with Crippen LogP contribution in [0.3, 0.4) is 0 Å². The van der Waals surface area contributed by atoms with Crippen LogP contribution < -0.4 is 5.32 Å². The molecule has 0 aromatic carbocycles. The predicted octanol–water partition coefficient (Wildman–Crippen LogP) is 3.31. The van der Waals surface area contributed by atoms with E-state index >= 15 is 0 Å². The van der Waals surface area contributed by atoms with E-state index in [2.05, 4.69) is 49.9 Å². The molecule has 3 heteroatoms. The third-order valence-corrected chi connectivity index (χ3v) is 3.52. The van der Waals surface area contributed by atoms with Crippen molar-refractivity contribution >= 4 is 0 Å². The van der Waals surface area contributed by atoms with Crippen LogP contribution in [-0.4, -0.2) is 62.7 Å². The van der Waals surface area contributed by atoms with Crippen molar-refractivity contribution in [3.63, 3.8) is 0 Å². The van der Waals surface area contributed by atoms with Crippen LogP contribution in [0.5, 0.6) is 0 Å². The van der Waals surface area contributed by atoms with Gasteiger partial charge >= 0.3 is 0 Å². The molecule has 1 unspecified atom stereocenters. The molecule has 1 rings (SSSR count). The Balaban J connectivity index is 0. The molecule has 0 radical (unpaired) electrons. The van der Waals surface area contributed by atoms with E-state index in [9.17, 15) is 0 Å². The summed E-state index contributed by atoms with van der Waals surface area (Å²) in [6, 6.07) is 0.684. The highest BCUT2D eigenvalue weighted by atomic mass is 15.2. The van der Waals surface area contributed by atoms with Crippen LogP contribution in [0.1, 0.15) is 54.4 Å². The van der Waals surface area contributed by atoms with Crippen molar-refractivity contribution in [2.45, 2.75) is 60.4 Å². The van der Waals surface area contributed by atoms with Gasteiger partial charge in [-0.25, -0.2) is 0 Å². The Hall–Kier alpha value is -0.120. The highest BCUT2D eigenvalue weighted by Gasteiger charge is 2.13. The van der Waals surface area contributed by atoms with Crippen LogP contribution in [0.25, 0.3) is 0 Å². The van der Waals surface area contributed by atoms with Gasteiger partial charge < -0.3 is 10.2 Å². The third-order valence-electron chi connectivity index (χ3n) is 3.52. The minimum absolute atomic E-state index is 0.684. The summed E-state index contributed by atoms with van der Waals surface area (Å²) in [5.74, 6) is 0.949. The maximum atomic E-state index is 3.17. The van der Waals surface area contributed by atoms with Crippen LogP contribution in [-0.2, 0) is 0 Å². The first-order valence-corrected chi connectivity index (χ1v) is 8.58. The molecule has 3 nitrogen and oxygen atoms in total. The molecule has 1 fully saturated rings. The summed E-state index contributed by atoms with van der Waals surface area (Å²) in [5.41, 5.74) is 0. The average molecular weight is 288 g/mol. The molecule has 20 heavy (non-hydrogen) atoms. The van der Waals surface area contributed by atoms with Gasteiger partial charge in [0.15, 0.2) is 0 Å². The smallest absolute Gasteiger partial charge is 0.0109 e. The first kappa shape index (κ1) is 22.2. The lowest BCUT2D eigenvalue weighted by Gasteiger charge is -2.25.